The molecule has 0 radical (unpaired) electrons. The predicted molar refractivity (Wildman–Crippen MR) is 74.7 cm³/mol. The Balaban J connectivity index is 1.99. The third kappa shape index (κ3) is 3.06. The number of aryl methyl sites for hydroxylation is 3. The lowest BCUT2D eigenvalue weighted by Gasteiger charge is -2.14. The van der Waals surface area contributed by atoms with Gasteiger partial charge in [-0.1, -0.05) is 17.7 Å². The summed E-state index contributed by atoms with van der Waals surface area (Å²) in [6.45, 7) is 6.58. The van der Waals surface area contributed by atoms with Crippen LogP contribution in [-0.2, 0) is 16.1 Å². The van der Waals surface area contributed by atoms with E-state index in [1.807, 2.05) is 0 Å². The summed E-state index contributed by atoms with van der Waals surface area (Å²) < 4.78 is 5.40. The summed E-state index contributed by atoms with van der Waals surface area (Å²) in [4.78, 5) is 11.8. The number of benzene rings is 1. The van der Waals surface area contributed by atoms with Gasteiger partial charge in [-0.3, -0.25) is 10.1 Å². The number of carbonyl (C=O) groups excluding carboxylic acids is 1. The van der Waals surface area contributed by atoms with Crippen molar-refractivity contribution in [3.8, 4) is 0 Å². The van der Waals surface area contributed by atoms with Crippen LogP contribution in [0.5, 0.6) is 0 Å². The molecule has 3 nitrogen and oxygen atoms in total. The van der Waals surface area contributed by atoms with Crippen LogP contribution in [0.3, 0.4) is 0 Å². The van der Waals surface area contributed by atoms with Crippen molar-refractivity contribution in [1.29, 1.82) is 0 Å². The highest BCUT2D eigenvalue weighted by Crippen LogP contribution is 2.18. The summed E-state index contributed by atoms with van der Waals surface area (Å²) in [6.07, 6.45) is 0. The number of carbonyl (C=O) groups is 1. The molecule has 4 heteroatoms. The first-order valence-electron chi connectivity index (χ1n) is 6.12. The maximum Gasteiger partial charge on any atom is 0.324 e. The monoisotopic (exact) mass is 265 g/mol. The molecule has 1 heterocycles. The molecule has 0 spiro atoms. The van der Waals surface area contributed by atoms with Gasteiger partial charge in [0.05, 0.1) is 0 Å². The lowest BCUT2D eigenvalue weighted by atomic mass is 10.0. The van der Waals surface area contributed by atoms with Crippen LogP contribution in [0.4, 0.5) is 0 Å². The van der Waals surface area contributed by atoms with Crippen LogP contribution < -0.4 is 5.32 Å². The minimum atomic E-state index is -0.139. The number of hydrogen-bond donors (Lipinski definition) is 1. The van der Waals surface area contributed by atoms with E-state index in [-0.39, 0.29) is 12.0 Å². The Morgan fingerprint density at radius 1 is 1.39 bits per heavy atom. The fourth-order valence-electron chi connectivity index (χ4n) is 2.23. The molecule has 1 saturated heterocycles. The quantitative estimate of drug-likeness (QED) is 0.851. The highest BCUT2D eigenvalue weighted by molar-refractivity contribution is 7.99. The van der Waals surface area contributed by atoms with Crippen LogP contribution in [-0.4, -0.2) is 23.6 Å². The van der Waals surface area contributed by atoms with Gasteiger partial charge >= 0.3 is 5.97 Å². The van der Waals surface area contributed by atoms with Gasteiger partial charge < -0.3 is 4.74 Å². The smallest absolute Gasteiger partial charge is 0.324 e. The molecule has 1 N–H and O–H groups in total. The van der Waals surface area contributed by atoms with E-state index in [1.165, 1.54) is 16.7 Å². The van der Waals surface area contributed by atoms with Crippen LogP contribution in [0.2, 0.25) is 0 Å². The maximum atomic E-state index is 11.8. The molecule has 0 saturated carbocycles. The molecular weight excluding hydrogens is 246 g/mol. The number of thioether (sulfide) groups is 1. The Hall–Kier alpha value is -1.00. The van der Waals surface area contributed by atoms with Gasteiger partial charge in [0.1, 0.15) is 12.6 Å². The zero-order valence-electron chi connectivity index (χ0n) is 11.1. The molecule has 1 aromatic rings. The van der Waals surface area contributed by atoms with Crippen LogP contribution in [0.25, 0.3) is 0 Å². The number of ether oxygens (including phenoxy) is 1. The van der Waals surface area contributed by atoms with Crippen LogP contribution in [0.1, 0.15) is 22.3 Å². The second-order valence-corrected chi connectivity index (χ2v) is 5.79. The van der Waals surface area contributed by atoms with E-state index in [9.17, 15) is 4.79 Å². The van der Waals surface area contributed by atoms with E-state index in [1.54, 1.807) is 11.8 Å². The summed E-state index contributed by atoms with van der Waals surface area (Å²) in [6, 6.07) is 4.11. The lowest BCUT2D eigenvalue weighted by molar-refractivity contribution is -0.146. The van der Waals surface area contributed by atoms with Crippen molar-refractivity contribution < 1.29 is 9.53 Å². The minimum Gasteiger partial charge on any atom is -0.460 e. The molecule has 0 aromatic heterocycles. The van der Waals surface area contributed by atoms with Gasteiger partial charge in [0.2, 0.25) is 0 Å². The lowest BCUT2D eigenvalue weighted by Crippen LogP contribution is -2.34. The largest absolute Gasteiger partial charge is 0.460 e. The molecule has 1 fully saturated rings. The normalized spacial score (nSPS) is 18.9. The van der Waals surface area contributed by atoms with Gasteiger partial charge in [0.15, 0.2) is 0 Å². The number of nitrogens with one attached hydrogen (secondary N) is 1. The van der Waals surface area contributed by atoms with Crippen molar-refractivity contribution in [3.63, 3.8) is 0 Å². The highest BCUT2D eigenvalue weighted by Gasteiger charge is 2.24. The Bertz CT molecular complexity index is 430. The third-order valence-corrected chi connectivity index (χ3v) is 4.14. The Kier molecular flexibility index (Phi) is 4.30. The first-order chi connectivity index (χ1) is 8.58. The molecule has 0 bridgehead atoms. The molecule has 1 aliphatic rings. The van der Waals surface area contributed by atoms with E-state index >= 15 is 0 Å². The molecule has 98 valence electrons. The van der Waals surface area contributed by atoms with Crippen molar-refractivity contribution in [2.45, 2.75) is 33.4 Å². The Morgan fingerprint density at radius 3 is 2.61 bits per heavy atom. The van der Waals surface area contributed by atoms with Crippen molar-refractivity contribution in [2.75, 3.05) is 11.6 Å². The fraction of sp³-hybridized carbons (Fsp3) is 0.500. The van der Waals surface area contributed by atoms with Crippen LogP contribution in [0.15, 0.2) is 12.1 Å². The zero-order chi connectivity index (χ0) is 13.1. The predicted octanol–water partition coefficient (Wildman–Crippen LogP) is 2.32. The standard InChI is InChI=1S/C14H19NO2S/c1-9-4-10(2)12(11(3)5-9)6-17-14(16)13-7-18-8-15-13/h4-5,13,15H,6-8H2,1-3H3. The van der Waals surface area contributed by atoms with E-state index in [4.69, 9.17) is 4.74 Å². The minimum absolute atomic E-state index is 0.138. The molecule has 0 aliphatic carbocycles. The summed E-state index contributed by atoms with van der Waals surface area (Å²) >= 11 is 1.73. The van der Waals surface area contributed by atoms with Crippen molar-refractivity contribution in [2.24, 2.45) is 0 Å². The Labute approximate surface area is 112 Å². The third-order valence-electron chi connectivity index (χ3n) is 3.20. The fourth-order valence-corrected chi connectivity index (χ4v) is 3.15. The van der Waals surface area contributed by atoms with Gasteiger partial charge in [-0.05, 0) is 37.5 Å². The van der Waals surface area contributed by atoms with E-state index in [0.29, 0.717) is 6.61 Å². The average molecular weight is 265 g/mol. The van der Waals surface area contributed by atoms with Gasteiger partial charge in [0.25, 0.3) is 0 Å². The van der Waals surface area contributed by atoms with Crippen molar-refractivity contribution >= 4 is 17.7 Å². The van der Waals surface area contributed by atoms with E-state index in [0.717, 1.165) is 17.2 Å². The highest BCUT2D eigenvalue weighted by atomic mass is 32.2. The summed E-state index contributed by atoms with van der Waals surface area (Å²) in [7, 11) is 0. The second-order valence-electron chi connectivity index (χ2n) is 4.76. The number of esters is 1. The van der Waals surface area contributed by atoms with E-state index in [2.05, 4.69) is 38.2 Å². The van der Waals surface area contributed by atoms with Crippen molar-refractivity contribution in [3.05, 3.63) is 34.4 Å². The first kappa shape index (κ1) is 13.4. The molecule has 2 rings (SSSR count). The average Bonchev–Trinajstić information content (AvgIpc) is 2.80. The molecule has 1 unspecified atom stereocenters. The molecule has 1 atom stereocenters. The maximum absolute atomic E-state index is 11.8. The molecule has 1 aliphatic heterocycles. The number of rotatable bonds is 3. The summed E-state index contributed by atoms with van der Waals surface area (Å²) in [5.41, 5.74) is 4.75. The summed E-state index contributed by atoms with van der Waals surface area (Å²) in [5, 5.41) is 3.12. The van der Waals surface area contributed by atoms with Gasteiger partial charge in [-0.15, -0.1) is 11.8 Å². The Morgan fingerprint density at radius 2 is 2.06 bits per heavy atom. The zero-order valence-corrected chi connectivity index (χ0v) is 11.9. The second kappa shape index (κ2) is 5.76. The van der Waals surface area contributed by atoms with Gasteiger partial charge in [-0.25, -0.2) is 0 Å². The first-order valence-corrected chi connectivity index (χ1v) is 7.28. The summed E-state index contributed by atoms with van der Waals surface area (Å²) in [5.74, 6) is 1.51. The SMILES string of the molecule is Cc1cc(C)c(COC(=O)C2CSCN2)c(C)c1. The molecule has 1 aromatic carbocycles. The molecule has 0 amide bonds. The van der Waals surface area contributed by atoms with Gasteiger partial charge in [-0.2, -0.15) is 0 Å². The van der Waals surface area contributed by atoms with Crippen molar-refractivity contribution in [1.82, 2.24) is 5.32 Å². The number of hydrogen-bond acceptors (Lipinski definition) is 4. The van der Waals surface area contributed by atoms with Crippen LogP contribution >= 0.6 is 11.8 Å². The molecular formula is C14H19NO2S. The topological polar surface area (TPSA) is 38.3 Å². The van der Waals surface area contributed by atoms with E-state index < -0.39 is 0 Å². The molecule has 18 heavy (non-hydrogen) atoms. The van der Waals surface area contributed by atoms with Gasteiger partial charge in [0, 0.05) is 11.6 Å². The van der Waals surface area contributed by atoms with Crippen LogP contribution in [0, 0.1) is 20.8 Å².